The third kappa shape index (κ3) is 9.42. The van der Waals surface area contributed by atoms with Crippen LogP contribution in [0.25, 0.3) is 11.3 Å². The molecule has 0 radical (unpaired) electrons. The van der Waals surface area contributed by atoms with Gasteiger partial charge in [0.25, 0.3) is 5.91 Å². The van der Waals surface area contributed by atoms with Crippen LogP contribution in [0.4, 0.5) is 19.4 Å². The summed E-state index contributed by atoms with van der Waals surface area (Å²) in [5.41, 5.74) is 1.65. The second-order valence-electron chi connectivity index (χ2n) is 12.7. The number of hydrogen-bond acceptors (Lipinski definition) is 9. The van der Waals surface area contributed by atoms with Gasteiger partial charge in [-0.05, 0) is 82.0 Å². The Labute approximate surface area is 282 Å². The van der Waals surface area contributed by atoms with Crippen LogP contribution in [0.2, 0.25) is 0 Å². The van der Waals surface area contributed by atoms with Crippen LogP contribution in [-0.4, -0.2) is 74.3 Å². The minimum absolute atomic E-state index is 0.0798. The molecule has 0 saturated heterocycles. The SMILES string of the molecule is Cc1ccc(NC(=O)C2(c3ccc4c(c3)OC(F)(F)O4)CC2)nc1-c1cccc(C(=O)NCCOCCOCCNC(=O)OC(C)(C)C)c1. The number of anilines is 1. The minimum atomic E-state index is -3.74. The summed E-state index contributed by atoms with van der Waals surface area (Å²) in [6, 6.07) is 14.9. The first kappa shape index (κ1) is 35.5. The number of hydrogen-bond donors (Lipinski definition) is 3. The molecule has 0 spiro atoms. The number of carbonyl (C=O) groups excluding carboxylic acids is 3. The highest BCUT2D eigenvalue weighted by atomic mass is 19.3. The maximum Gasteiger partial charge on any atom is 0.586 e. The fourth-order valence-electron chi connectivity index (χ4n) is 5.15. The number of halogens is 2. The van der Waals surface area contributed by atoms with Crippen molar-refractivity contribution in [1.29, 1.82) is 0 Å². The van der Waals surface area contributed by atoms with Crippen LogP contribution in [0, 0.1) is 6.92 Å². The van der Waals surface area contributed by atoms with Crippen LogP contribution >= 0.6 is 0 Å². The number of pyridine rings is 1. The fourth-order valence-corrected chi connectivity index (χ4v) is 5.15. The Morgan fingerprint density at radius 3 is 2.27 bits per heavy atom. The van der Waals surface area contributed by atoms with E-state index in [0.29, 0.717) is 67.4 Å². The standard InChI is InChI=1S/C35H40F2N4O8/c1-22-8-11-28(41-31(43)34(12-13-34)25-9-10-26-27(21-25)48-35(36,37)47-26)40-29(22)23-6-5-7-24(20-23)30(42)38-14-16-45-18-19-46-17-15-39-32(44)49-33(2,3)4/h5-11,20-21H,12-19H2,1-4H3,(H,38,42)(H,39,44)(H,40,41,43). The van der Waals surface area contributed by atoms with E-state index in [1.165, 1.54) is 12.1 Å². The van der Waals surface area contributed by atoms with E-state index >= 15 is 0 Å². The van der Waals surface area contributed by atoms with Gasteiger partial charge in [0.15, 0.2) is 11.5 Å². The van der Waals surface area contributed by atoms with Gasteiger partial charge < -0.3 is 39.6 Å². The molecule has 1 fully saturated rings. The van der Waals surface area contributed by atoms with Gasteiger partial charge in [-0.2, -0.15) is 0 Å². The topological polar surface area (TPSA) is 146 Å². The molecule has 49 heavy (non-hydrogen) atoms. The van der Waals surface area contributed by atoms with Crippen LogP contribution in [0.3, 0.4) is 0 Å². The van der Waals surface area contributed by atoms with E-state index in [-0.39, 0.29) is 36.5 Å². The van der Waals surface area contributed by atoms with Crippen LogP contribution in [0.5, 0.6) is 11.5 Å². The number of nitrogens with zero attached hydrogens (tertiary/aromatic N) is 1. The van der Waals surface area contributed by atoms with Crippen molar-refractivity contribution in [2.24, 2.45) is 0 Å². The van der Waals surface area contributed by atoms with E-state index in [1.54, 1.807) is 51.1 Å². The number of alkyl halides is 2. The Bertz CT molecular complexity index is 1690. The smallest absolute Gasteiger partial charge is 0.444 e. The number of benzene rings is 2. The Hall–Kier alpha value is -4.82. The second-order valence-corrected chi connectivity index (χ2v) is 12.7. The molecule has 1 aromatic heterocycles. The molecular weight excluding hydrogens is 642 g/mol. The van der Waals surface area contributed by atoms with Crippen molar-refractivity contribution >= 4 is 23.7 Å². The summed E-state index contributed by atoms with van der Waals surface area (Å²) in [4.78, 5) is 42.6. The zero-order chi connectivity index (χ0) is 35.2. The number of aryl methyl sites for hydroxylation is 1. The lowest BCUT2D eigenvalue weighted by molar-refractivity contribution is -0.286. The quantitative estimate of drug-likeness (QED) is 0.192. The molecule has 14 heteroatoms. The molecule has 1 saturated carbocycles. The molecule has 3 aromatic rings. The zero-order valence-corrected chi connectivity index (χ0v) is 27.8. The predicted octanol–water partition coefficient (Wildman–Crippen LogP) is 5.34. The average Bonchev–Trinajstić information content (AvgIpc) is 3.79. The molecule has 5 rings (SSSR count). The van der Waals surface area contributed by atoms with Gasteiger partial charge in [-0.1, -0.05) is 24.3 Å². The van der Waals surface area contributed by atoms with Crippen molar-refractivity contribution < 1.29 is 46.8 Å². The van der Waals surface area contributed by atoms with Crippen molar-refractivity contribution in [3.63, 3.8) is 0 Å². The number of rotatable bonds is 14. The maximum absolute atomic E-state index is 13.5. The van der Waals surface area contributed by atoms with E-state index in [9.17, 15) is 23.2 Å². The van der Waals surface area contributed by atoms with Gasteiger partial charge in [0, 0.05) is 24.2 Å². The summed E-state index contributed by atoms with van der Waals surface area (Å²) in [7, 11) is 0. The lowest BCUT2D eigenvalue weighted by Gasteiger charge is -2.19. The number of carbonyl (C=O) groups is 3. The number of amides is 3. The van der Waals surface area contributed by atoms with Crippen molar-refractivity contribution in [3.05, 3.63) is 71.3 Å². The van der Waals surface area contributed by atoms with E-state index in [0.717, 1.165) is 5.56 Å². The van der Waals surface area contributed by atoms with Gasteiger partial charge in [-0.3, -0.25) is 9.59 Å². The number of fused-ring (bicyclic) bond motifs is 1. The van der Waals surface area contributed by atoms with Gasteiger partial charge in [-0.25, -0.2) is 9.78 Å². The summed E-state index contributed by atoms with van der Waals surface area (Å²) in [5.74, 6) is -0.462. The summed E-state index contributed by atoms with van der Waals surface area (Å²) < 4.78 is 52.2. The molecule has 262 valence electrons. The van der Waals surface area contributed by atoms with Gasteiger partial charge in [0.05, 0.1) is 37.5 Å². The molecule has 3 N–H and O–H groups in total. The molecule has 1 aliphatic heterocycles. The highest BCUT2D eigenvalue weighted by molar-refractivity contribution is 6.01. The Morgan fingerprint density at radius 1 is 0.878 bits per heavy atom. The number of nitrogens with one attached hydrogen (secondary N) is 3. The third-order valence-electron chi connectivity index (χ3n) is 7.69. The van der Waals surface area contributed by atoms with Gasteiger partial charge in [0.2, 0.25) is 5.91 Å². The van der Waals surface area contributed by atoms with Gasteiger partial charge in [0.1, 0.15) is 11.4 Å². The molecule has 2 aliphatic rings. The molecule has 2 heterocycles. The molecule has 0 bridgehead atoms. The van der Waals surface area contributed by atoms with Crippen LogP contribution < -0.4 is 25.4 Å². The van der Waals surface area contributed by atoms with E-state index in [1.807, 2.05) is 19.1 Å². The number of aromatic nitrogens is 1. The Morgan fingerprint density at radius 2 is 1.57 bits per heavy atom. The van der Waals surface area contributed by atoms with Crippen molar-refractivity contribution in [1.82, 2.24) is 15.6 Å². The molecule has 1 aliphatic carbocycles. The summed E-state index contributed by atoms with van der Waals surface area (Å²) in [5, 5.41) is 8.32. The van der Waals surface area contributed by atoms with Gasteiger partial charge in [-0.15, -0.1) is 8.78 Å². The largest absolute Gasteiger partial charge is 0.586 e. The maximum atomic E-state index is 13.5. The van der Waals surface area contributed by atoms with Crippen LogP contribution in [-0.2, 0) is 24.4 Å². The summed E-state index contributed by atoms with van der Waals surface area (Å²) >= 11 is 0. The highest BCUT2D eigenvalue weighted by Crippen LogP contribution is 2.52. The van der Waals surface area contributed by atoms with Crippen molar-refractivity contribution in [2.75, 3.05) is 44.8 Å². The molecule has 0 unspecified atom stereocenters. The lowest BCUT2D eigenvalue weighted by Crippen LogP contribution is -2.34. The van der Waals surface area contributed by atoms with Crippen molar-refractivity contribution in [3.8, 4) is 22.8 Å². The third-order valence-corrected chi connectivity index (χ3v) is 7.69. The normalized spacial score (nSPS) is 15.3. The van der Waals surface area contributed by atoms with E-state index in [2.05, 4.69) is 30.4 Å². The van der Waals surface area contributed by atoms with E-state index in [4.69, 9.17) is 14.2 Å². The summed E-state index contributed by atoms with van der Waals surface area (Å²) in [6.45, 7) is 9.10. The first-order valence-corrected chi connectivity index (χ1v) is 16.0. The summed E-state index contributed by atoms with van der Waals surface area (Å²) in [6.07, 6.45) is -3.16. The molecule has 3 amide bonds. The number of ether oxygens (including phenoxy) is 5. The second kappa shape index (κ2) is 14.7. The molecular formula is C35H40F2N4O8. The van der Waals surface area contributed by atoms with E-state index < -0.39 is 23.4 Å². The molecule has 12 nitrogen and oxygen atoms in total. The van der Waals surface area contributed by atoms with Crippen molar-refractivity contribution in [2.45, 2.75) is 57.8 Å². The Balaban J connectivity index is 1.08. The highest BCUT2D eigenvalue weighted by Gasteiger charge is 2.53. The monoisotopic (exact) mass is 682 g/mol. The minimum Gasteiger partial charge on any atom is -0.444 e. The predicted molar refractivity (Wildman–Crippen MR) is 175 cm³/mol. The average molecular weight is 683 g/mol. The number of alkyl carbamates (subject to hydrolysis) is 1. The zero-order valence-electron chi connectivity index (χ0n) is 27.8. The molecule has 2 aromatic carbocycles. The lowest BCUT2D eigenvalue weighted by atomic mass is 9.94. The fraction of sp³-hybridized carbons (Fsp3) is 0.429. The Kier molecular flexibility index (Phi) is 10.7. The molecule has 0 atom stereocenters. The first-order valence-electron chi connectivity index (χ1n) is 16.0. The first-order chi connectivity index (χ1) is 23.2. The van der Waals surface area contributed by atoms with Gasteiger partial charge >= 0.3 is 12.4 Å². The van der Waals surface area contributed by atoms with Crippen LogP contribution in [0.1, 0.15) is 55.1 Å². The van der Waals surface area contributed by atoms with Crippen LogP contribution in [0.15, 0.2) is 54.6 Å².